The predicted molar refractivity (Wildman–Crippen MR) is 90.5 cm³/mol. The van der Waals surface area contributed by atoms with Crippen molar-refractivity contribution >= 4 is 11.8 Å². The van der Waals surface area contributed by atoms with Gasteiger partial charge in [0.25, 0.3) is 0 Å². The maximum atomic E-state index is 3.18. The third kappa shape index (κ3) is 7.36. The smallest absolute Gasteiger partial charge is 0.180 e. The van der Waals surface area contributed by atoms with Crippen LogP contribution in [0.2, 0.25) is 0 Å². The largest absolute Gasteiger partial charge is 2.00 e. The monoisotopic (exact) mass is 528 g/mol. The van der Waals surface area contributed by atoms with Crippen LogP contribution in [-0.2, 0) is 6.42 Å². The molecule has 0 saturated carbocycles. The summed E-state index contributed by atoms with van der Waals surface area (Å²) < 4.78 is 0. The molecule has 0 atom stereocenters. The molecule has 0 saturated heterocycles. The molecule has 22 heavy (non-hydrogen) atoms. The Bertz CT molecular complexity index is 572. The van der Waals surface area contributed by atoms with Gasteiger partial charge in [-0.2, -0.15) is 66.2 Å². The van der Waals surface area contributed by atoms with Crippen molar-refractivity contribution in [1.29, 1.82) is 0 Å². The van der Waals surface area contributed by atoms with Crippen LogP contribution in [0, 0.1) is 43.2 Å². The molecule has 0 aliphatic rings. The van der Waals surface area contributed by atoms with Crippen molar-refractivity contribution in [2.24, 2.45) is 0 Å². The number of hydrogen-bond donors (Lipinski definition) is 0. The second-order valence-corrected chi connectivity index (χ2v) is 5.50. The number of hydrogen-bond acceptors (Lipinski definition) is 1. The minimum Gasteiger partial charge on any atom is -0.180 e. The molecule has 0 aliphatic carbocycles. The minimum absolute atomic E-state index is 0. The topological polar surface area (TPSA) is 0 Å². The van der Waals surface area contributed by atoms with Gasteiger partial charge in [-0.3, -0.25) is 0 Å². The van der Waals surface area contributed by atoms with E-state index in [2.05, 4.69) is 43.3 Å². The van der Waals surface area contributed by atoms with Crippen LogP contribution in [0.4, 0.5) is 0 Å². The van der Waals surface area contributed by atoms with Crippen LogP contribution >= 0.6 is 11.8 Å². The van der Waals surface area contributed by atoms with Gasteiger partial charge >= 0.3 is 31.1 Å². The molecule has 0 aliphatic heterocycles. The molecule has 0 N–H and O–H groups in total. The first-order valence-corrected chi connectivity index (χ1v) is 7.85. The molecule has 0 heterocycles. The summed E-state index contributed by atoms with van der Waals surface area (Å²) >= 11 is 1.73. The molecule has 3 aromatic carbocycles. The van der Waals surface area contributed by atoms with Gasteiger partial charge in [0.15, 0.2) is 0 Å². The average Bonchev–Trinajstić information content (AvgIpc) is 2.58. The average molecular weight is 528 g/mol. The Hall–Kier alpha value is -0.938. The fourth-order valence-electron chi connectivity index (χ4n) is 1.71. The summed E-state index contributed by atoms with van der Waals surface area (Å²) in [6.45, 7) is 2.13. The van der Waals surface area contributed by atoms with Crippen molar-refractivity contribution < 1.29 is 31.1 Å². The van der Waals surface area contributed by atoms with Gasteiger partial charge < -0.3 is 0 Å². The van der Waals surface area contributed by atoms with Crippen molar-refractivity contribution in [3.05, 3.63) is 96.6 Å². The molecule has 0 nitrogen and oxygen atoms in total. The van der Waals surface area contributed by atoms with E-state index in [0.29, 0.717) is 0 Å². The van der Waals surface area contributed by atoms with E-state index in [1.54, 1.807) is 11.8 Å². The Labute approximate surface area is 161 Å². The van der Waals surface area contributed by atoms with Crippen LogP contribution in [0.15, 0.2) is 88.7 Å². The van der Waals surface area contributed by atoms with Gasteiger partial charge in [-0.15, -0.1) is 16.7 Å². The van der Waals surface area contributed by atoms with Crippen LogP contribution in [0.1, 0.15) is 12.5 Å². The number of benzene rings is 3. The third-order valence-corrected chi connectivity index (χ3v) is 3.79. The first kappa shape index (κ1) is 19.1. The molecule has 0 fully saturated rings. The summed E-state index contributed by atoms with van der Waals surface area (Å²) in [6.07, 6.45) is 1.08. The molecule has 108 valence electrons. The molecule has 0 amide bonds. The summed E-state index contributed by atoms with van der Waals surface area (Å²) in [6, 6.07) is 32.7. The van der Waals surface area contributed by atoms with Crippen molar-refractivity contribution in [2.45, 2.75) is 23.1 Å². The summed E-state index contributed by atoms with van der Waals surface area (Å²) in [5, 5.41) is 0. The van der Waals surface area contributed by atoms with E-state index in [0.717, 1.165) is 11.3 Å². The first-order valence-electron chi connectivity index (χ1n) is 7.03. The van der Waals surface area contributed by atoms with Crippen LogP contribution in [0.5, 0.6) is 0 Å². The van der Waals surface area contributed by atoms with Crippen LogP contribution in [0.25, 0.3) is 0 Å². The third-order valence-electron chi connectivity index (χ3n) is 2.81. The van der Waals surface area contributed by atoms with Crippen LogP contribution < -0.4 is 0 Å². The Morgan fingerprint density at radius 3 is 1.91 bits per heavy atom. The molecule has 3 aromatic rings. The summed E-state index contributed by atoms with van der Waals surface area (Å²) in [5.74, 6) is 0. The molecular weight excluding hydrogens is 510 g/mol. The molecule has 0 radical (unpaired) electrons. The Morgan fingerprint density at radius 2 is 1.41 bits per heavy atom. The van der Waals surface area contributed by atoms with E-state index in [4.69, 9.17) is 0 Å². The van der Waals surface area contributed by atoms with E-state index >= 15 is 0 Å². The van der Waals surface area contributed by atoms with Gasteiger partial charge in [0.05, 0.1) is 0 Å². The van der Waals surface area contributed by atoms with Crippen LogP contribution in [0.3, 0.4) is 0 Å². The first-order chi connectivity index (χ1) is 10.4. The maximum absolute atomic E-state index is 3.18. The quantitative estimate of drug-likeness (QED) is 0.394. The molecule has 0 unspecified atom stereocenters. The second kappa shape index (κ2) is 11.6. The fourth-order valence-corrected chi connectivity index (χ4v) is 2.53. The zero-order valence-corrected chi connectivity index (χ0v) is 17.6. The van der Waals surface area contributed by atoms with Gasteiger partial charge in [-0.25, -0.2) is 0 Å². The van der Waals surface area contributed by atoms with Gasteiger partial charge in [0.2, 0.25) is 0 Å². The van der Waals surface area contributed by atoms with E-state index in [1.165, 1.54) is 10.5 Å². The zero-order chi connectivity index (χ0) is 14.8. The maximum Gasteiger partial charge on any atom is 2.00 e. The van der Waals surface area contributed by atoms with E-state index in [9.17, 15) is 0 Å². The van der Waals surface area contributed by atoms with Gasteiger partial charge in [0.1, 0.15) is 0 Å². The Morgan fingerprint density at radius 1 is 0.773 bits per heavy atom. The van der Waals surface area contributed by atoms with Crippen molar-refractivity contribution in [2.75, 3.05) is 0 Å². The summed E-state index contributed by atoms with van der Waals surface area (Å²) in [4.78, 5) is 2.42. The number of aryl methyl sites for hydroxylation is 1. The molecular formula is C20H18SU. The van der Waals surface area contributed by atoms with Crippen molar-refractivity contribution in [3.8, 4) is 0 Å². The molecule has 3 rings (SSSR count). The van der Waals surface area contributed by atoms with Crippen LogP contribution in [-0.4, -0.2) is 0 Å². The molecule has 0 aromatic heterocycles. The molecule has 0 bridgehead atoms. The van der Waals surface area contributed by atoms with Gasteiger partial charge in [0, 0.05) is 4.90 Å². The Balaban J connectivity index is 0.000000234. The van der Waals surface area contributed by atoms with Gasteiger partial charge in [-0.1, -0.05) is 31.5 Å². The molecule has 0 spiro atoms. The summed E-state index contributed by atoms with van der Waals surface area (Å²) in [7, 11) is 0. The van der Waals surface area contributed by atoms with E-state index in [1.807, 2.05) is 54.6 Å². The zero-order valence-electron chi connectivity index (χ0n) is 12.6. The normalized spacial score (nSPS) is 9.14. The van der Waals surface area contributed by atoms with E-state index < -0.39 is 0 Å². The van der Waals surface area contributed by atoms with E-state index in [-0.39, 0.29) is 31.1 Å². The van der Waals surface area contributed by atoms with Gasteiger partial charge in [-0.05, 0) is 12.1 Å². The minimum atomic E-state index is 0. The summed E-state index contributed by atoms with van der Waals surface area (Å²) in [5.41, 5.74) is 1.28. The standard InChI is InChI=1S/C12H9S.C8H9.U/c1-3-7-11(8-4-1)13-12-9-5-2-6-10-12;1-2-8-6-4-3-5-7-8;/h1-9H;3-6H,2H2,1H3;/q2*-1;+2. The predicted octanol–water partition coefficient (Wildman–Crippen LogP) is 5.69. The van der Waals surface area contributed by atoms with Crippen molar-refractivity contribution in [1.82, 2.24) is 0 Å². The molecule has 2 heteroatoms. The second-order valence-electron chi connectivity index (χ2n) is 4.38. The van der Waals surface area contributed by atoms with Crippen molar-refractivity contribution in [3.63, 3.8) is 0 Å². The number of rotatable bonds is 3. The Kier molecular flexibility index (Phi) is 10.1. The SMILES string of the molecule is CCc1[c-]cccc1.[U+2].[c-]1ccccc1Sc1ccccc1. The fraction of sp³-hybridized carbons (Fsp3) is 0.100.